The zero-order chi connectivity index (χ0) is 15.5. The maximum absolute atomic E-state index is 12.6. The number of aromatic carboxylic acids is 1. The molecule has 1 aromatic heterocycles. The van der Waals surface area contributed by atoms with E-state index in [9.17, 15) is 13.2 Å². The number of nitrogens with zero attached hydrogens (tertiary/aromatic N) is 1. The minimum Gasteiger partial charge on any atom is -0.477 e. The van der Waals surface area contributed by atoms with E-state index in [1.807, 2.05) is 13.8 Å². The van der Waals surface area contributed by atoms with Gasteiger partial charge in [0.2, 0.25) is 10.0 Å². The number of carbonyl (C=O) groups is 1. The van der Waals surface area contributed by atoms with E-state index >= 15 is 0 Å². The number of rotatable bonds is 7. The van der Waals surface area contributed by atoms with Crippen molar-refractivity contribution in [3.8, 4) is 0 Å². The first-order chi connectivity index (χ1) is 9.23. The van der Waals surface area contributed by atoms with Crippen molar-refractivity contribution in [1.29, 1.82) is 0 Å². The molecule has 0 radical (unpaired) electrons. The van der Waals surface area contributed by atoms with Gasteiger partial charge in [-0.15, -0.1) is 11.3 Å². The number of hydrogen-bond donors (Lipinski definition) is 1. The molecular weight excluding hydrogens is 366 g/mol. The third-order valence-electron chi connectivity index (χ3n) is 3.05. The van der Waals surface area contributed by atoms with Gasteiger partial charge in [0, 0.05) is 13.1 Å². The minimum atomic E-state index is -3.67. The highest BCUT2D eigenvalue weighted by atomic mass is 79.9. The molecule has 0 amide bonds. The molecule has 20 heavy (non-hydrogen) atoms. The first kappa shape index (κ1) is 17.6. The van der Waals surface area contributed by atoms with Crippen LogP contribution in [0.15, 0.2) is 14.7 Å². The largest absolute Gasteiger partial charge is 0.477 e. The normalized spacial score (nSPS) is 13.7. The van der Waals surface area contributed by atoms with E-state index in [0.29, 0.717) is 16.9 Å². The fourth-order valence-corrected chi connectivity index (χ4v) is 5.57. The molecule has 0 saturated carbocycles. The van der Waals surface area contributed by atoms with Crippen molar-refractivity contribution in [1.82, 2.24) is 4.31 Å². The summed E-state index contributed by atoms with van der Waals surface area (Å²) in [4.78, 5) is 11.0. The number of carboxylic acid groups (broad SMARTS) is 1. The lowest BCUT2D eigenvalue weighted by Gasteiger charge is -2.23. The standard InChI is InChI=1S/C12H18BrNO4S2/c1-4-8(3)7-14(5-2)20(17,18)10-6-9(12(15)16)19-11(10)13/h6,8H,4-5,7H2,1-3H3,(H,15,16). The van der Waals surface area contributed by atoms with Gasteiger partial charge in [0.1, 0.15) is 9.77 Å². The van der Waals surface area contributed by atoms with Crippen molar-refractivity contribution in [2.45, 2.75) is 32.1 Å². The monoisotopic (exact) mass is 383 g/mol. The van der Waals surface area contributed by atoms with Gasteiger partial charge in [-0.25, -0.2) is 13.2 Å². The van der Waals surface area contributed by atoms with Crippen LogP contribution in [-0.4, -0.2) is 36.9 Å². The molecule has 0 spiro atoms. The highest BCUT2D eigenvalue weighted by molar-refractivity contribution is 9.11. The Kier molecular flexibility index (Phi) is 6.18. The molecule has 8 heteroatoms. The maximum Gasteiger partial charge on any atom is 0.345 e. The summed E-state index contributed by atoms with van der Waals surface area (Å²) in [6.45, 7) is 6.56. The quantitative estimate of drug-likeness (QED) is 0.783. The summed E-state index contributed by atoms with van der Waals surface area (Å²) >= 11 is 4.06. The molecule has 0 bridgehead atoms. The molecule has 0 aliphatic rings. The van der Waals surface area contributed by atoms with E-state index in [2.05, 4.69) is 15.9 Å². The maximum atomic E-state index is 12.6. The Labute approximate surface area is 131 Å². The van der Waals surface area contributed by atoms with Crippen LogP contribution in [0, 0.1) is 5.92 Å². The number of hydrogen-bond acceptors (Lipinski definition) is 4. The van der Waals surface area contributed by atoms with Crippen molar-refractivity contribution < 1.29 is 18.3 Å². The molecule has 1 unspecified atom stereocenters. The molecule has 0 aliphatic carbocycles. The molecule has 1 atom stereocenters. The highest BCUT2D eigenvalue weighted by Gasteiger charge is 2.29. The molecule has 1 rings (SSSR count). The second kappa shape index (κ2) is 7.02. The second-order valence-corrected chi connectivity index (χ2v) is 8.80. The summed E-state index contributed by atoms with van der Waals surface area (Å²) in [5.74, 6) is -0.872. The molecule has 0 aromatic carbocycles. The number of halogens is 1. The van der Waals surface area contributed by atoms with Gasteiger partial charge in [-0.05, 0) is 27.9 Å². The lowest BCUT2D eigenvalue weighted by molar-refractivity contribution is 0.0702. The van der Waals surface area contributed by atoms with Gasteiger partial charge >= 0.3 is 5.97 Å². The molecule has 0 saturated heterocycles. The van der Waals surface area contributed by atoms with Gasteiger partial charge in [-0.2, -0.15) is 4.31 Å². The van der Waals surface area contributed by atoms with Gasteiger partial charge in [-0.1, -0.05) is 27.2 Å². The van der Waals surface area contributed by atoms with Crippen LogP contribution in [0.1, 0.15) is 36.9 Å². The molecular formula is C12H18BrNO4S2. The van der Waals surface area contributed by atoms with Crippen molar-refractivity contribution in [3.05, 3.63) is 14.7 Å². The van der Waals surface area contributed by atoms with Crippen LogP contribution >= 0.6 is 27.3 Å². The second-order valence-electron chi connectivity index (χ2n) is 4.52. The lowest BCUT2D eigenvalue weighted by Crippen LogP contribution is -2.34. The minimum absolute atomic E-state index is 0.00930. The molecule has 114 valence electrons. The number of carboxylic acids is 1. The number of sulfonamides is 1. The highest BCUT2D eigenvalue weighted by Crippen LogP contribution is 2.33. The van der Waals surface area contributed by atoms with Crippen LogP contribution in [0.4, 0.5) is 0 Å². The first-order valence-corrected chi connectivity index (χ1v) is 9.31. The Morgan fingerprint density at radius 2 is 2.10 bits per heavy atom. The van der Waals surface area contributed by atoms with E-state index in [0.717, 1.165) is 17.8 Å². The molecule has 0 fully saturated rings. The Hall–Kier alpha value is -0.440. The van der Waals surface area contributed by atoms with E-state index in [1.54, 1.807) is 6.92 Å². The molecule has 1 aromatic rings. The summed E-state index contributed by atoms with van der Waals surface area (Å²) in [5, 5.41) is 8.95. The van der Waals surface area contributed by atoms with Gasteiger partial charge < -0.3 is 5.11 Å². The van der Waals surface area contributed by atoms with Gasteiger partial charge in [0.05, 0.1) is 3.79 Å². The summed E-state index contributed by atoms with van der Waals surface area (Å²) in [6.07, 6.45) is 0.886. The fourth-order valence-electron chi connectivity index (χ4n) is 1.65. The third-order valence-corrected chi connectivity index (χ3v) is 7.23. The zero-order valence-electron chi connectivity index (χ0n) is 11.6. The van der Waals surface area contributed by atoms with E-state index in [-0.39, 0.29) is 15.7 Å². The van der Waals surface area contributed by atoms with E-state index in [4.69, 9.17) is 5.11 Å². The van der Waals surface area contributed by atoms with Crippen molar-refractivity contribution in [2.24, 2.45) is 5.92 Å². The van der Waals surface area contributed by atoms with Crippen LogP contribution in [0.2, 0.25) is 0 Å². The third kappa shape index (κ3) is 3.81. The topological polar surface area (TPSA) is 74.7 Å². The van der Waals surface area contributed by atoms with Crippen LogP contribution < -0.4 is 0 Å². The summed E-state index contributed by atoms with van der Waals surface area (Å²) in [7, 11) is -3.67. The molecule has 0 aliphatic heterocycles. The lowest BCUT2D eigenvalue weighted by atomic mass is 10.1. The fraction of sp³-hybridized carbons (Fsp3) is 0.583. The smallest absolute Gasteiger partial charge is 0.345 e. The van der Waals surface area contributed by atoms with Crippen LogP contribution in [0.25, 0.3) is 0 Å². The predicted molar refractivity (Wildman–Crippen MR) is 82.9 cm³/mol. The van der Waals surface area contributed by atoms with Crippen LogP contribution in [0.5, 0.6) is 0 Å². The average molecular weight is 384 g/mol. The Balaban J connectivity index is 3.17. The molecule has 5 nitrogen and oxygen atoms in total. The predicted octanol–water partition coefficient (Wildman–Crippen LogP) is 3.27. The van der Waals surface area contributed by atoms with Crippen molar-refractivity contribution in [2.75, 3.05) is 13.1 Å². The van der Waals surface area contributed by atoms with E-state index < -0.39 is 16.0 Å². The Morgan fingerprint density at radius 1 is 1.50 bits per heavy atom. The van der Waals surface area contributed by atoms with Gasteiger partial charge in [0.25, 0.3) is 0 Å². The summed E-state index contributed by atoms with van der Waals surface area (Å²) < 4.78 is 26.9. The average Bonchev–Trinajstić information content (AvgIpc) is 2.78. The van der Waals surface area contributed by atoms with Crippen molar-refractivity contribution in [3.63, 3.8) is 0 Å². The van der Waals surface area contributed by atoms with Gasteiger partial charge in [0.15, 0.2) is 0 Å². The van der Waals surface area contributed by atoms with Crippen molar-refractivity contribution >= 4 is 43.3 Å². The SMILES string of the molecule is CCC(C)CN(CC)S(=O)(=O)c1cc(C(=O)O)sc1Br. The van der Waals surface area contributed by atoms with Crippen LogP contribution in [0.3, 0.4) is 0 Å². The van der Waals surface area contributed by atoms with Gasteiger partial charge in [-0.3, -0.25) is 0 Å². The molecule has 1 N–H and O–H groups in total. The Morgan fingerprint density at radius 3 is 2.50 bits per heavy atom. The van der Waals surface area contributed by atoms with E-state index in [1.165, 1.54) is 10.4 Å². The summed E-state index contributed by atoms with van der Waals surface area (Å²) in [5.41, 5.74) is 0. The first-order valence-electron chi connectivity index (χ1n) is 6.26. The zero-order valence-corrected chi connectivity index (χ0v) is 14.8. The summed E-state index contributed by atoms with van der Waals surface area (Å²) in [6, 6.07) is 1.21. The van der Waals surface area contributed by atoms with Crippen LogP contribution in [-0.2, 0) is 10.0 Å². The molecule has 1 heterocycles. The number of thiophene rings is 1. The Bertz CT molecular complexity index is 582.